The van der Waals surface area contributed by atoms with E-state index in [1.165, 1.54) is 0 Å². The molecule has 1 aliphatic heterocycles. The Morgan fingerprint density at radius 3 is 2.69 bits per heavy atom. The number of nitrogens with zero attached hydrogens (tertiary/aromatic N) is 3. The number of amides is 1. The molecule has 1 aromatic carbocycles. The van der Waals surface area contributed by atoms with Crippen LogP contribution in [0.3, 0.4) is 0 Å². The van der Waals surface area contributed by atoms with E-state index in [9.17, 15) is 4.79 Å². The first kappa shape index (κ1) is 20.6. The molecule has 0 saturated carbocycles. The molecule has 0 unspecified atom stereocenters. The second-order valence-corrected chi connectivity index (χ2v) is 6.88. The summed E-state index contributed by atoms with van der Waals surface area (Å²) >= 11 is 0. The van der Waals surface area contributed by atoms with Crippen LogP contribution >= 0.6 is 0 Å². The molecule has 1 amide bonds. The van der Waals surface area contributed by atoms with Crippen LogP contribution in [-0.4, -0.2) is 47.9 Å². The van der Waals surface area contributed by atoms with Gasteiger partial charge in [-0.2, -0.15) is 0 Å². The van der Waals surface area contributed by atoms with Crippen molar-refractivity contribution in [3.05, 3.63) is 59.8 Å². The molecule has 0 spiro atoms. The topological polar surface area (TPSA) is 78.9 Å². The maximum atomic E-state index is 12.3. The maximum Gasteiger partial charge on any atom is 0.241 e. The Labute approximate surface area is 172 Å². The molecule has 1 aliphatic rings. The van der Waals surface area contributed by atoms with Crippen LogP contribution in [-0.2, 0) is 17.9 Å². The number of guanidine groups is 1. The van der Waals surface area contributed by atoms with E-state index in [1.807, 2.05) is 54.3 Å². The van der Waals surface area contributed by atoms with Gasteiger partial charge in [-0.05, 0) is 31.4 Å². The molecule has 1 fully saturated rings. The lowest BCUT2D eigenvalue weighted by atomic mass is 10.2. The van der Waals surface area contributed by atoms with Crippen LogP contribution in [0.2, 0.25) is 0 Å². The number of likely N-dealkylation sites (tertiary alicyclic amines) is 1. The van der Waals surface area contributed by atoms with E-state index >= 15 is 0 Å². The molecule has 1 saturated heterocycles. The van der Waals surface area contributed by atoms with Crippen LogP contribution in [0.5, 0.6) is 5.88 Å². The molecule has 7 heteroatoms. The Bertz CT molecular complexity index is 804. The van der Waals surface area contributed by atoms with Gasteiger partial charge in [0.15, 0.2) is 5.96 Å². The zero-order valence-corrected chi connectivity index (χ0v) is 16.9. The van der Waals surface area contributed by atoms with E-state index in [4.69, 9.17) is 4.74 Å². The van der Waals surface area contributed by atoms with Crippen molar-refractivity contribution in [2.24, 2.45) is 4.99 Å². The average molecular weight is 396 g/mol. The van der Waals surface area contributed by atoms with Crippen molar-refractivity contribution in [2.75, 3.05) is 26.2 Å². The van der Waals surface area contributed by atoms with E-state index in [0.717, 1.165) is 37.1 Å². The van der Waals surface area contributed by atoms with Gasteiger partial charge in [0.25, 0.3) is 0 Å². The Kier molecular flexibility index (Phi) is 7.86. The SMILES string of the molecule is CCNC(=NCc1cccnc1OCc1ccccc1)NCC(=O)N1CCCC1. The number of pyridine rings is 1. The van der Waals surface area contributed by atoms with Crippen LogP contribution in [0.25, 0.3) is 0 Å². The van der Waals surface area contributed by atoms with Crippen molar-refractivity contribution in [3.63, 3.8) is 0 Å². The average Bonchev–Trinajstić information content (AvgIpc) is 3.30. The van der Waals surface area contributed by atoms with Crippen molar-refractivity contribution in [2.45, 2.75) is 32.9 Å². The fraction of sp³-hybridized carbons (Fsp3) is 0.409. The molecule has 2 aromatic rings. The Morgan fingerprint density at radius 2 is 1.93 bits per heavy atom. The number of rotatable bonds is 8. The summed E-state index contributed by atoms with van der Waals surface area (Å²) in [4.78, 5) is 23.1. The summed E-state index contributed by atoms with van der Waals surface area (Å²) in [5.41, 5.74) is 1.98. The molecule has 1 aromatic heterocycles. The van der Waals surface area contributed by atoms with Crippen molar-refractivity contribution in [1.29, 1.82) is 0 Å². The molecule has 7 nitrogen and oxygen atoms in total. The highest BCUT2D eigenvalue weighted by molar-refractivity contribution is 5.86. The van der Waals surface area contributed by atoms with Crippen LogP contribution < -0.4 is 15.4 Å². The molecule has 154 valence electrons. The van der Waals surface area contributed by atoms with Gasteiger partial charge in [-0.3, -0.25) is 4.79 Å². The number of carbonyl (C=O) groups excluding carboxylic acids is 1. The quantitative estimate of drug-likeness (QED) is 0.530. The highest BCUT2D eigenvalue weighted by Gasteiger charge is 2.17. The third-order valence-corrected chi connectivity index (χ3v) is 4.69. The van der Waals surface area contributed by atoms with Crippen LogP contribution in [0.4, 0.5) is 0 Å². The van der Waals surface area contributed by atoms with Crippen molar-refractivity contribution in [1.82, 2.24) is 20.5 Å². The van der Waals surface area contributed by atoms with E-state index in [0.29, 0.717) is 31.5 Å². The van der Waals surface area contributed by atoms with Crippen molar-refractivity contribution >= 4 is 11.9 Å². The van der Waals surface area contributed by atoms with Gasteiger partial charge < -0.3 is 20.3 Å². The molecule has 0 bridgehead atoms. The molecular formula is C22H29N5O2. The monoisotopic (exact) mass is 395 g/mol. The lowest BCUT2D eigenvalue weighted by molar-refractivity contribution is -0.128. The summed E-state index contributed by atoms with van der Waals surface area (Å²) in [6.07, 6.45) is 3.89. The van der Waals surface area contributed by atoms with Gasteiger partial charge in [0, 0.05) is 31.4 Å². The zero-order valence-electron chi connectivity index (χ0n) is 16.9. The Morgan fingerprint density at radius 1 is 1.14 bits per heavy atom. The minimum atomic E-state index is 0.112. The third kappa shape index (κ3) is 6.48. The van der Waals surface area contributed by atoms with Crippen LogP contribution in [0, 0.1) is 0 Å². The second kappa shape index (κ2) is 11.0. The van der Waals surface area contributed by atoms with Gasteiger partial charge in [-0.15, -0.1) is 0 Å². The molecular weight excluding hydrogens is 366 g/mol. The number of aromatic nitrogens is 1. The second-order valence-electron chi connectivity index (χ2n) is 6.88. The number of nitrogens with one attached hydrogen (secondary N) is 2. The summed E-state index contributed by atoms with van der Waals surface area (Å²) in [5, 5.41) is 6.31. The summed E-state index contributed by atoms with van der Waals surface area (Å²) in [7, 11) is 0. The molecule has 3 rings (SSSR count). The fourth-order valence-electron chi connectivity index (χ4n) is 3.14. The van der Waals surface area contributed by atoms with E-state index < -0.39 is 0 Å². The normalized spacial score (nSPS) is 14.0. The van der Waals surface area contributed by atoms with E-state index in [1.54, 1.807) is 6.20 Å². The summed E-state index contributed by atoms with van der Waals surface area (Å²) in [6.45, 7) is 5.53. The van der Waals surface area contributed by atoms with Crippen molar-refractivity contribution < 1.29 is 9.53 Å². The summed E-state index contributed by atoms with van der Waals surface area (Å²) in [6, 6.07) is 13.8. The number of carbonyl (C=O) groups is 1. The fourth-order valence-corrected chi connectivity index (χ4v) is 3.14. The number of benzene rings is 1. The van der Waals surface area contributed by atoms with Crippen molar-refractivity contribution in [3.8, 4) is 5.88 Å². The maximum absolute atomic E-state index is 12.3. The van der Waals surface area contributed by atoms with Gasteiger partial charge in [0.2, 0.25) is 11.8 Å². The van der Waals surface area contributed by atoms with E-state index in [2.05, 4.69) is 20.6 Å². The Hall–Kier alpha value is -3.09. The smallest absolute Gasteiger partial charge is 0.241 e. The molecule has 0 radical (unpaired) electrons. The molecule has 2 N–H and O–H groups in total. The molecule has 29 heavy (non-hydrogen) atoms. The first-order valence-electron chi connectivity index (χ1n) is 10.2. The van der Waals surface area contributed by atoms with Gasteiger partial charge in [0.1, 0.15) is 6.61 Å². The largest absolute Gasteiger partial charge is 0.473 e. The highest BCUT2D eigenvalue weighted by atomic mass is 16.5. The lowest BCUT2D eigenvalue weighted by Gasteiger charge is -2.17. The highest BCUT2D eigenvalue weighted by Crippen LogP contribution is 2.17. The minimum absolute atomic E-state index is 0.112. The van der Waals surface area contributed by atoms with Gasteiger partial charge in [0.05, 0.1) is 13.1 Å². The number of hydrogen-bond donors (Lipinski definition) is 2. The molecule has 0 aliphatic carbocycles. The molecule has 2 heterocycles. The van der Waals surface area contributed by atoms with Gasteiger partial charge in [-0.25, -0.2) is 9.98 Å². The van der Waals surface area contributed by atoms with Crippen LogP contribution in [0.1, 0.15) is 30.9 Å². The predicted molar refractivity (Wildman–Crippen MR) is 114 cm³/mol. The summed E-state index contributed by atoms with van der Waals surface area (Å²) in [5.74, 6) is 1.29. The minimum Gasteiger partial charge on any atom is -0.473 e. The number of aliphatic imine (C=N–C) groups is 1. The predicted octanol–water partition coefficient (Wildman–Crippen LogP) is 2.34. The first-order valence-corrected chi connectivity index (χ1v) is 10.2. The van der Waals surface area contributed by atoms with Gasteiger partial charge >= 0.3 is 0 Å². The first-order chi connectivity index (χ1) is 14.3. The molecule has 0 atom stereocenters. The van der Waals surface area contributed by atoms with Crippen LogP contribution in [0.15, 0.2) is 53.7 Å². The lowest BCUT2D eigenvalue weighted by Crippen LogP contribution is -2.44. The van der Waals surface area contributed by atoms with Gasteiger partial charge in [-0.1, -0.05) is 36.4 Å². The standard InChI is InChI=1S/C22H29N5O2/c1-2-23-22(26-16-20(28)27-13-6-7-14-27)25-15-19-11-8-12-24-21(19)29-17-18-9-4-3-5-10-18/h3-5,8-12H,2,6-7,13-17H2,1H3,(H2,23,25,26). The summed E-state index contributed by atoms with van der Waals surface area (Å²) < 4.78 is 5.90. The number of hydrogen-bond acceptors (Lipinski definition) is 4. The van der Waals surface area contributed by atoms with E-state index in [-0.39, 0.29) is 12.5 Å². The Balaban J connectivity index is 1.58. The zero-order chi connectivity index (χ0) is 20.3. The third-order valence-electron chi connectivity index (χ3n) is 4.69. The number of ether oxygens (including phenoxy) is 1.